The Kier molecular flexibility index (Phi) is 23.5. The van der Waals surface area contributed by atoms with Crippen LogP contribution in [0.1, 0.15) is 71.8 Å². The number of Topliss-reactive ketones (excluding diaryl/α,β-unsaturated/α-hetero) is 1. The summed E-state index contributed by atoms with van der Waals surface area (Å²) in [4.78, 5) is 122. The van der Waals surface area contributed by atoms with Crippen molar-refractivity contribution in [3.05, 3.63) is 23.8 Å². The van der Waals surface area contributed by atoms with Crippen molar-refractivity contribution in [2.75, 3.05) is 57.6 Å². The molecule has 1 heterocycles. The van der Waals surface area contributed by atoms with Crippen LogP contribution < -0.4 is 36.6 Å². The van der Waals surface area contributed by atoms with Crippen LogP contribution in [0.2, 0.25) is 0 Å². The molecule has 1 unspecified atom stereocenters. The Morgan fingerprint density at radius 2 is 1.67 bits per heavy atom. The van der Waals surface area contributed by atoms with Crippen LogP contribution in [0, 0.1) is 5.92 Å². The zero-order valence-corrected chi connectivity index (χ0v) is 35.9. The van der Waals surface area contributed by atoms with Crippen LogP contribution in [-0.2, 0) is 64.0 Å². The van der Waals surface area contributed by atoms with E-state index in [2.05, 4.69) is 31.9 Å². The molecule has 0 aromatic heterocycles. The Balaban J connectivity index is 1.91. The minimum atomic E-state index is -0.961. The van der Waals surface area contributed by atoms with E-state index in [9.17, 15) is 47.9 Å². The number of ketones is 1. The quantitative estimate of drug-likeness (QED) is 0.0273. The molecule has 4 atom stereocenters. The highest BCUT2D eigenvalue weighted by molar-refractivity contribution is 8.00. The van der Waals surface area contributed by atoms with E-state index in [1.807, 2.05) is 0 Å². The van der Waals surface area contributed by atoms with E-state index < -0.39 is 59.1 Å². The van der Waals surface area contributed by atoms with Crippen LogP contribution in [-0.4, -0.2) is 134 Å². The van der Waals surface area contributed by atoms with Crippen LogP contribution in [0.4, 0.5) is 10.5 Å². The molecule has 0 aliphatic carbocycles. The summed E-state index contributed by atoms with van der Waals surface area (Å²) in [5.41, 5.74) is 0.813. The summed E-state index contributed by atoms with van der Waals surface area (Å²) >= 11 is 1.06. The predicted molar refractivity (Wildman–Crippen MR) is 220 cm³/mol. The average Bonchev–Trinajstić information content (AvgIpc) is 3.47. The standard InChI is InChI=1S/C39H57N7O14S/c1-24(43-26(3)49)31(51)18-28(8-6-7-12-41-25(2)48)37(54)45-30-10-9-29(21-59-39(56)40-5)32(19-30)58-17-16-57-15-13-42-34(52)11-14-46-36(53)20-33(38(46)55)61-22-35(60-23-47)44-27(4)50/h9-10,19,23-24,28,33,35H,6-8,11-18,20-22H2,1-5H3,(H,40,56)(H,41,48)(H,42,52)(H,43,49)(H,44,50)(H,45,54)/t24-,28+,33?,35+/m0/s1. The van der Waals surface area contributed by atoms with Gasteiger partial charge in [-0.2, -0.15) is 0 Å². The average molecular weight is 880 g/mol. The molecule has 8 amide bonds. The molecule has 6 N–H and O–H groups in total. The topological polar surface area (TPSA) is 283 Å². The molecule has 0 bridgehead atoms. The summed E-state index contributed by atoms with van der Waals surface area (Å²) in [7, 11) is 1.41. The van der Waals surface area contributed by atoms with Crippen molar-refractivity contribution in [3.8, 4) is 5.75 Å². The minimum Gasteiger partial charge on any atom is -0.491 e. The van der Waals surface area contributed by atoms with Gasteiger partial charge in [0.1, 0.15) is 19.0 Å². The molecule has 1 fully saturated rings. The van der Waals surface area contributed by atoms with Gasteiger partial charge in [-0.3, -0.25) is 48.1 Å². The fraction of sp³-hybridized carbons (Fsp3) is 0.590. The van der Waals surface area contributed by atoms with E-state index >= 15 is 0 Å². The highest BCUT2D eigenvalue weighted by atomic mass is 32.2. The number of unbranched alkanes of at least 4 members (excludes halogenated alkanes) is 1. The van der Waals surface area contributed by atoms with Crippen molar-refractivity contribution in [1.82, 2.24) is 31.5 Å². The second kappa shape index (κ2) is 27.9. The number of benzene rings is 1. The Morgan fingerprint density at radius 1 is 0.934 bits per heavy atom. The van der Waals surface area contributed by atoms with Crippen LogP contribution in [0.25, 0.3) is 0 Å². The summed E-state index contributed by atoms with van der Waals surface area (Å²) in [6, 6.07) is 3.94. The minimum absolute atomic E-state index is 0.0238. The van der Waals surface area contributed by atoms with Crippen LogP contribution >= 0.6 is 11.8 Å². The normalized spacial score (nSPS) is 14.8. The van der Waals surface area contributed by atoms with Gasteiger partial charge in [0.05, 0.1) is 30.3 Å². The summed E-state index contributed by atoms with van der Waals surface area (Å²) < 4.78 is 21.5. The van der Waals surface area contributed by atoms with Crippen molar-refractivity contribution in [2.24, 2.45) is 5.92 Å². The number of hydrogen-bond acceptors (Lipinski definition) is 15. The lowest BCUT2D eigenvalue weighted by Crippen LogP contribution is -2.39. The largest absolute Gasteiger partial charge is 0.491 e. The Morgan fingerprint density at radius 3 is 2.34 bits per heavy atom. The number of amides is 8. The number of alkyl carbamates (subject to hydrolysis) is 1. The lowest BCUT2D eigenvalue weighted by Gasteiger charge is -2.20. The summed E-state index contributed by atoms with van der Waals surface area (Å²) in [6.07, 6.45) is -0.532. The van der Waals surface area contributed by atoms with E-state index in [0.29, 0.717) is 37.1 Å². The third kappa shape index (κ3) is 20.4. The van der Waals surface area contributed by atoms with Gasteiger partial charge in [-0.15, -0.1) is 11.8 Å². The fourth-order valence-corrected chi connectivity index (χ4v) is 6.86. The second-order valence-corrected chi connectivity index (χ2v) is 15.0. The number of nitrogens with one attached hydrogen (secondary N) is 6. The first kappa shape index (κ1) is 51.4. The highest BCUT2D eigenvalue weighted by Crippen LogP contribution is 2.27. The summed E-state index contributed by atoms with van der Waals surface area (Å²) in [6.45, 7) is 6.11. The number of hydrogen-bond donors (Lipinski definition) is 6. The van der Waals surface area contributed by atoms with Crippen LogP contribution in [0.5, 0.6) is 5.75 Å². The predicted octanol–water partition coefficient (Wildman–Crippen LogP) is 0.285. The molecule has 1 aromatic carbocycles. The molecule has 0 saturated carbocycles. The first-order chi connectivity index (χ1) is 29.0. The first-order valence-electron chi connectivity index (χ1n) is 19.7. The lowest BCUT2D eigenvalue weighted by atomic mass is 9.92. The molecule has 21 nitrogen and oxygen atoms in total. The molecule has 1 aliphatic rings. The third-order valence-corrected chi connectivity index (χ3v) is 10.1. The van der Waals surface area contributed by atoms with Gasteiger partial charge >= 0.3 is 6.09 Å². The molecule has 0 radical (unpaired) electrons. The maximum atomic E-state index is 13.5. The van der Waals surface area contributed by atoms with E-state index in [1.165, 1.54) is 33.9 Å². The van der Waals surface area contributed by atoms with E-state index in [0.717, 1.165) is 16.7 Å². The number of likely N-dealkylation sites (tertiary alicyclic amines) is 1. The van der Waals surface area contributed by atoms with Gasteiger partial charge in [-0.25, -0.2) is 4.79 Å². The van der Waals surface area contributed by atoms with Crippen molar-refractivity contribution in [1.29, 1.82) is 0 Å². The number of nitrogens with zero attached hydrogens (tertiary/aromatic N) is 1. The second-order valence-electron chi connectivity index (χ2n) is 13.8. The Bertz CT molecular complexity index is 1710. The number of carbonyl (C=O) groups excluding carboxylic acids is 10. The van der Waals surface area contributed by atoms with Gasteiger partial charge in [0.2, 0.25) is 41.4 Å². The van der Waals surface area contributed by atoms with Crippen molar-refractivity contribution in [3.63, 3.8) is 0 Å². The van der Waals surface area contributed by atoms with E-state index in [-0.39, 0.29) is 94.4 Å². The molecule has 0 spiro atoms. The van der Waals surface area contributed by atoms with Gasteiger partial charge in [-0.1, -0.05) is 6.42 Å². The number of thioether (sulfide) groups is 1. The summed E-state index contributed by atoms with van der Waals surface area (Å²) in [5.74, 6) is -3.50. The highest BCUT2D eigenvalue weighted by Gasteiger charge is 2.39. The van der Waals surface area contributed by atoms with Gasteiger partial charge in [0.25, 0.3) is 6.47 Å². The van der Waals surface area contributed by atoms with Gasteiger partial charge in [0.15, 0.2) is 12.0 Å². The molecule has 338 valence electrons. The van der Waals surface area contributed by atoms with Gasteiger partial charge in [0, 0.05) is 90.0 Å². The maximum Gasteiger partial charge on any atom is 0.407 e. The lowest BCUT2D eigenvalue weighted by molar-refractivity contribution is -0.139. The van der Waals surface area contributed by atoms with Crippen LogP contribution in [0.15, 0.2) is 18.2 Å². The van der Waals surface area contributed by atoms with Crippen molar-refractivity contribution < 1.29 is 66.9 Å². The number of ether oxygens (including phenoxy) is 4. The van der Waals surface area contributed by atoms with Gasteiger partial charge < -0.3 is 50.8 Å². The molecule has 61 heavy (non-hydrogen) atoms. The molecular formula is C39H57N7O14S. The Labute approximate surface area is 358 Å². The smallest absolute Gasteiger partial charge is 0.407 e. The zero-order chi connectivity index (χ0) is 45.3. The maximum absolute atomic E-state index is 13.5. The summed E-state index contributed by atoms with van der Waals surface area (Å²) in [5, 5.41) is 14.7. The van der Waals surface area contributed by atoms with Gasteiger partial charge in [-0.05, 0) is 31.9 Å². The monoisotopic (exact) mass is 879 g/mol. The SMILES string of the molecule is CNC(=O)OCc1ccc(NC(=O)[C@H](CCCCNC(C)=O)CC(=O)[C@H](C)NC(C)=O)cc1OCCOCCNC(=O)CCN1C(=O)CC(SC[C@H](NC(C)=O)OC=O)C1=O. The molecular weight excluding hydrogens is 823 g/mol. The molecule has 1 aromatic rings. The number of anilines is 1. The Hall–Kier alpha value is -5.77. The van der Waals surface area contributed by atoms with E-state index in [1.54, 1.807) is 19.1 Å². The number of carbonyl (C=O) groups is 10. The molecule has 1 aliphatic heterocycles. The number of rotatable bonds is 29. The number of imide groups is 1. The first-order valence-corrected chi connectivity index (χ1v) is 20.7. The van der Waals surface area contributed by atoms with Crippen LogP contribution in [0.3, 0.4) is 0 Å². The van der Waals surface area contributed by atoms with Crippen molar-refractivity contribution >= 4 is 77.1 Å². The van der Waals surface area contributed by atoms with E-state index in [4.69, 9.17) is 18.9 Å². The molecule has 2 rings (SSSR count). The third-order valence-electron chi connectivity index (χ3n) is 8.82. The molecule has 1 saturated heterocycles. The fourth-order valence-electron chi connectivity index (χ4n) is 5.76. The zero-order valence-electron chi connectivity index (χ0n) is 35.1. The molecule has 22 heteroatoms. The van der Waals surface area contributed by atoms with Crippen molar-refractivity contribution in [2.45, 2.75) is 90.3 Å².